The fourth-order valence-corrected chi connectivity index (χ4v) is 4.11. The van der Waals surface area contributed by atoms with Gasteiger partial charge in [0.1, 0.15) is 5.54 Å². The molecule has 0 unspecified atom stereocenters. The molecule has 7 nitrogen and oxygen atoms in total. The van der Waals surface area contributed by atoms with E-state index in [0.29, 0.717) is 17.1 Å². The highest BCUT2D eigenvalue weighted by atomic mass is 35.5. The molecule has 9 heteroatoms. The largest absolute Gasteiger partial charge is 0.329 e. The van der Waals surface area contributed by atoms with Crippen LogP contribution in [0.15, 0.2) is 60.1 Å². The van der Waals surface area contributed by atoms with E-state index in [1.165, 1.54) is 23.5 Å². The summed E-state index contributed by atoms with van der Waals surface area (Å²) >= 11 is 7.58. The standard InChI is InChI=1S/C21H17ClN4O3S/c1-21(12-13-5-3-2-4-6-13)19(28)26(20(29)25-21)16-8-7-14(11-15(16)22)24-17(27)18-23-9-10-30-18/h2-11H,12H2,1H3,(H,24,27)(H,25,29)/t21-/m0/s1. The molecular weight excluding hydrogens is 424 g/mol. The van der Waals surface area contributed by atoms with Crippen molar-refractivity contribution in [2.75, 3.05) is 10.2 Å². The van der Waals surface area contributed by atoms with Gasteiger partial charge in [-0.3, -0.25) is 9.59 Å². The molecular formula is C21H17ClN4O3S. The first-order valence-electron chi connectivity index (χ1n) is 9.08. The minimum absolute atomic E-state index is 0.166. The Hall–Kier alpha value is -3.23. The first-order chi connectivity index (χ1) is 14.4. The molecule has 0 saturated carbocycles. The van der Waals surface area contributed by atoms with E-state index in [4.69, 9.17) is 11.6 Å². The fourth-order valence-electron chi connectivity index (χ4n) is 3.31. The topological polar surface area (TPSA) is 91.4 Å². The van der Waals surface area contributed by atoms with Gasteiger partial charge >= 0.3 is 6.03 Å². The third kappa shape index (κ3) is 3.79. The number of halogens is 1. The van der Waals surface area contributed by atoms with Gasteiger partial charge in [-0.2, -0.15) is 0 Å². The Labute approximate surface area is 181 Å². The molecule has 1 atom stereocenters. The number of rotatable bonds is 5. The second kappa shape index (κ2) is 7.89. The molecule has 1 saturated heterocycles. The summed E-state index contributed by atoms with van der Waals surface area (Å²) in [6.07, 6.45) is 1.90. The van der Waals surface area contributed by atoms with E-state index in [-0.39, 0.29) is 16.6 Å². The summed E-state index contributed by atoms with van der Waals surface area (Å²) < 4.78 is 0. The number of nitrogens with zero attached hydrogens (tertiary/aromatic N) is 2. The third-order valence-corrected chi connectivity index (χ3v) is 5.81. The van der Waals surface area contributed by atoms with E-state index in [1.807, 2.05) is 30.3 Å². The first-order valence-corrected chi connectivity index (χ1v) is 10.3. The van der Waals surface area contributed by atoms with Gasteiger partial charge in [-0.1, -0.05) is 41.9 Å². The molecule has 1 aliphatic rings. The Balaban J connectivity index is 1.55. The maximum Gasteiger partial charge on any atom is 0.329 e. The minimum atomic E-state index is -1.08. The van der Waals surface area contributed by atoms with E-state index < -0.39 is 17.5 Å². The van der Waals surface area contributed by atoms with Gasteiger partial charge in [-0.25, -0.2) is 14.7 Å². The minimum Gasteiger partial charge on any atom is -0.323 e. The average Bonchev–Trinajstić information content (AvgIpc) is 3.31. The summed E-state index contributed by atoms with van der Waals surface area (Å²) in [6, 6.07) is 13.5. The average molecular weight is 441 g/mol. The highest BCUT2D eigenvalue weighted by Crippen LogP contribution is 2.34. The van der Waals surface area contributed by atoms with E-state index in [0.717, 1.165) is 10.5 Å². The van der Waals surface area contributed by atoms with E-state index in [1.54, 1.807) is 24.6 Å². The van der Waals surface area contributed by atoms with Crippen LogP contribution in [-0.4, -0.2) is 28.4 Å². The summed E-state index contributed by atoms with van der Waals surface area (Å²) in [5.74, 6) is -0.753. The zero-order valence-electron chi connectivity index (χ0n) is 15.9. The van der Waals surface area contributed by atoms with Crippen LogP contribution in [-0.2, 0) is 11.2 Å². The van der Waals surface area contributed by atoms with Crippen molar-refractivity contribution in [1.29, 1.82) is 0 Å². The van der Waals surface area contributed by atoms with Gasteiger partial charge in [0.2, 0.25) is 0 Å². The Morgan fingerprint density at radius 3 is 2.67 bits per heavy atom. The number of anilines is 2. The van der Waals surface area contributed by atoms with Crippen LogP contribution in [0.2, 0.25) is 5.02 Å². The molecule has 1 fully saturated rings. The predicted octanol–water partition coefficient (Wildman–Crippen LogP) is 4.11. The number of benzene rings is 2. The van der Waals surface area contributed by atoms with Crippen LogP contribution >= 0.6 is 22.9 Å². The lowest BCUT2D eigenvalue weighted by atomic mass is 9.93. The van der Waals surface area contributed by atoms with E-state index in [9.17, 15) is 14.4 Å². The lowest BCUT2D eigenvalue weighted by Gasteiger charge is -2.22. The van der Waals surface area contributed by atoms with Crippen LogP contribution in [0.1, 0.15) is 22.3 Å². The Kier molecular flexibility index (Phi) is 5.27. The number of thiazole rings is 1. The molecule has 2 heterocycles. The van der Waals surface area contributed by atoms with E-state index >= 15 is 0 Å². The molecule has 0 spiro atoms. The Bertz CT molecular complexity index is 1120. The van der Waals surface area contributed by atoms with Gasteiger partial charge in [-0.15, -0.1) is 11.3 Å². The van der Waals surface area contributed by atoms with Gasteiger partial charge in [0, 0.05) is 23.7 Å². The van der Waals surface area contributed by atoms with Gasteiger partial charge < -0.3 is 10.6 Å². The van der Waals surface area contributed by atoms with Crippen molar-refractivity contribution in [3.63, 3.8) is 0 Å². The van der Waals surface area contributed by atoms with Crippen molar-refractivity contribution in [3.05, 3.63) is 75.7 Å². The summed E-state index contributed by atoms with van der Waals surface area (Å²) in [7, 11) is 0. The van der Waals surface area contributed by atoms with Crippen LogP contribution in [0, 0.1) is 0 Å². The molecule has 1 aromatic heterocycles. The zero-order valence-corrected chi connectivity index (χ0v) is 17.5. The SMILES string of the molecule is C[C@@]1(Cc2ccccc2)NC(=O)N(c2ccc(NC(=O)c3nccs3)cc2Cl)C1=O. The number of carbonyl (C=O) groups excluding carboxylic acids is 3. The molecule has 0 radical (unpaired) electrons. The highest BCUT2D eigenvalue weighted by molar-refractivity contribution is 7.11. The van der Waals surface area contributed by atoms with Crippen molar-refractivity contribution in [2.24, 2.45) is 0 Å². The lowest BCUT2D eigenvalue weighted by Crippen LogP contribution is -2.46. The molecule has 4 rings (SSSR count). The van der Waals surface area contributed by atoms with Gasteiger partial charge in [0.15, 0.2) is 5.01 Å². The summed E-state index contributed by atoms with van der Waals surface area (Å²) in [6.45, 7) is 1.69. The quantitative estimate of drug-likeness (QED) is 0.584. The number of hydrogen-bond donors (Lipinski definition) is 2. The van der Waals surface area contributed by atoms with Crippen molar-refractivity contribution in [2.45, 2.75) is 18.9 Å². The number of hydrogen-bond acceptors (Lipinski definition) is 5. The van der Waals surface area contributed by atoms with Crippen LogP contribution in [0.4, 0.5) is 16.2 Å². The fraction of sp³-hybridized carbons (Fsp3) is 0.143. The van der Waals surface area contributed by atoms with Crippen molar-refractivity contribution >= 4 is 52.2 Å². The Morgan fingerprint density at radius 1 is 1.23 bits per heavy atom. The van der Waals surface area contributed by atoms with Gasteiger partial charge in [0.25, 0.3) is 11.8 Å². The maximum absolute atomic E-state index is 13.1. The third-order valence-electron chi connectivity index (χ3n) is 4.73. The van der Waals surface area contributed by atoms with Gasteiger partial charge in [-0.05, 0) is 30.7 Å². The summed E-state index contributed by atoms with van der Waals surface area (Å²) in [5, 5.41) is 7.66. The smallest absolute Gasteiger partial charge is 0.323 e. The zero-order chi connectivity index (χ0) is 21.3. The number of amides is 4. The second-order valence-electron chi connectivity index (χ2n) is 7.02. The van der Waals surface area contributed by atoms with Crippen LogP contribution < -0.4 is 15.5 Å². The maximum atomic E-state index is 13.1. The first kappa shape index (κ1) is 20.1. The number of aromatic nitrogens is 1. The molecule has 0 bridgehead atoms. The lowest BCUT2D eigenvalue weighted by molar-refractivity contribution is -0.121. The molecule has 2 aromatic carbocycles. The normalized spacial score (nSPS) is 18.4. The van der Waals surface area contributed by atoms with Gasteiger partial charge in [0.05, 0.1) is 10.7 Å². The molecule has 30 heavy (non-hydrogen) atoms. The Morgan fingerprint density at radius 2 is 2.00 bits per heavy atom. The second-order valence-corrected chi connectivity index (χ2v) is 8.32. The highest BCUT2D eigenvalue weighted by Gasteiger charge is 2.48. The summed E-state index contributed by atoms with van der Waals surface area (Å²) in [5.41, 5.74) is 0.535. The summed E-state index contributed by atoms with van der Waals surface area (Å²) in [4.78, 5) is 42.9. The van der Waals surface area contributed by atoms with E-state index in [2.05, 4.69) is 15.6 Å². The number of urea groups is 1. The number of carbonyl (C=O) groups is 3. The van der Waals surface area contributed by atoms with Crippen molar-refractivity contribution in [1.82, 2.24) is 10.3 Å². The van der Waals surface area contributed by atoms with Crippen LogP contribution in [0.25, 0.3) is 0 Å². The monoisotopic (exact) mass is 440 g/mol. The predicted molar refractivity (Wildman–Crippen MR) is 116 cm³/mol. The van der Waals surface area contributed by atoms with Crippen LogP contribution in [0.3, 0.4) is 0 Å². The number of nitrogens with one attached hydrogen (secondary N) is 2. The van der Waals surface area contributed by atoms with Crippen molar-refractivity contribution < 1.29 is 14.4 Å². The van der Waals surface area contributed by atoms with Crippen LogP contribution in [0.5, 0.6) is 0 Å². The molecule has 0 aliphatic carbocycles. The molecule has 2 N–H and O–H groups in total. The molecule has 152 valence electrons. The molecule has 4 amide bonds. The number of imide groups is 1. The molecule has 3 aromatic rings. The molecule has 1 aliphatic heterocycles. The van der Waals surface area contributed by atoms with Crippen molar-refractivity contribution in [3.8, 4) is 0 Å².